The second-order valence-electron chi connectivity index (χ2n) is 3.90. The molecule has 0 aliphatic heterocycles. The highest BCUT2D eigenvalue weighted by molar-refractivity contribution is 6.39. The first-order valence-corrected chi connectivity index (χ1v) is 5.02. The van der Waals surface area contributed by atoms with Gasteiger partial charge in [0.2, 0.25) is 11.8 Å². The zero-order chi connectivity index (χ0) is 11.8. The SMILES string of the molecule is C=CC(=O)N[B]NC(=O)C(C)CC(C)C. The van der Waals surface area contributed by atoms with Gasteiger partial charge in [-0.3, -0.25) is 9.59 Å². The van der Waals surface area contributed by atoms with Crippen LogP contribution in [-0.4, -0.2) is 19.4 Å². The van der Waals surface area contributed by atoms with E-state index in [0.29, 0.717) is 5.92 Å². The minimum Gasteiger partial charge on any atom is -0.382 e. The van der Waals surface area contributed by atoms with Crippen LogP contribution in [0.4, 0.5) is 0 Å². The number of carbonyl (C=O) groups excluding carboxylic acids is 2. The van der Waals surface area contributed by atoms with Crippen LogP contribution in [0, 0.1) is 11.8 Å². The van der Waals surface area contributed by atoms with Gasteiger partial charge < -0.3 is 10.5 Å². The third kappa shape index (κ3) is 6.77. The summed E-state index contributed by atoms with van der Waals surface area (Å²) in [6.45, 7) is 9.27. The number of rotatable bonds is 6. The molecule has 1 radical (unpaired) electrons. The van der Waals surface area contributed by atoms with E-state index in [9.17, 15) is 9.59 Å². The van der Waals surface area contributed by atoms with Gasteiger partial charge in [-0.15, -0.1) is 0 Å². The summed E-state index contributed by atoms with van der Waals surface area (Å²) in [4.78, 5) is 22.2. The normalized spacial score (nSPS) is 11.7. The van der Waals surface area contributed by atoms with E-state index in [1.807, 2.05) is 6.92 Å². The Morgan fingerprint density at radius 2 is 1.93 bits per heavy atom. The van der Waals surface area contributed by atoms with E-state index in [1.165, 1.54) is 7.55 Å². The van der Waals surface area contributed by atoms with Crippen LogP contribution >= 0.6 is 0 Å². The summed E-state index contributed by atoms with van der Waals surface area (Å²) in [6, 6.07) is 0. The molecular formula is C10H18BN2O2. The molecule has 0 spiro atoms. The van der Waals surface area contributed by atoms with Crippen LogP contribution in [0.15, 0.2) is 12.7 Å². The molecular weight excluding hydrogens is 191 g/mol. The fourth-order valence-electron chi connectivity index (χ4n) is 1.19. The van der Waals surface area contributed by atoms with Crippen molar-refractivity contribution >= 4 is 19.4 Å². The van der Waals surface area contributed by atoms with Gasteiger partial charge in [0, 0.05) is 5.92 Å². The zero-order valence-corrected chi connectivity index (χ0v) is 9.54. The van der Waals surface area contributed by atoms with Crippen molar-refractivity contribution in [3.8, 4) is 0 Å². The Morgan fingerprint density at radius 1 is 1.33 bits per heavy atom. The maximum absolute atomic E-state index is 11.4. The van der Waals surface area contributed by atoms with Gasteiger partial charge in [0.25, 0.3) is 0 Å². The van der Waals surface area contributed by atoms with Crippen molar-refractivity contribution in [3.05, 3.63) is 12.7 Å². The number of hydrogen-bond donors (Lipinski definition) is 2. The fourth-order valence-corrected chi connectivity index (χ4v) is 1.19. The van der Waals surface area contributed by atoms with Crippen molar-refractivity contribution in [1.82, 2.24) is 10.5 Å². The summed E-state index contributed by atoms with van der Waals surface area (Å²) in [6.07, 6.45) is 1.97. The van der Waals surface area contributed by atoms with E-state index in [4.69, 9.17) is 0 Å². The van der Waals surface area contributed by atoms with E-state index in [1.54, 1.807) is 0 Å². The van der Waals surface area contributed by atoms with Gasteiger partial charge in [0.05, 0.1) is 0 Å². The van der Waals surface area contributed by atoms with Gasteiger partial charge in [-0.05, 0) is 18.4 Å². The number of amides is 2. The third-order valence-electron chi connectivity index (χ3n) is 1.89. The molecule has 0 aromatic carbocycles. The van der Waals surface area contributed by atoms with Gasteiger partial charge in [0.1, 0.15) is 0 Å². The Bertz CT molecular complexity index is 242. The van der Waals surface area contributed by atoms with Crippen molar-refractivity contribution in [2.45, 2.75) is 27.2 Å². The Hall–Kier alpha value is -1.26. The molecule has 5 heteroatoms. The summed E-state index contributed by atoms with van der Waals surface area (Å²) >= 11 is 0. The molecule has 0 rings (SSSR count). The predicted octanol–water partition coefficient (Wildman–Crippen LogP) is 0.621. The lowest BCUT2D eigenvalue weighted by atomic mass is 9.97. The summed E-state index contributed by atoms with van der Waals surface area (Å²) in [7, 11) is 1.24. The van der Waals surface area contributed by atoms with E-state index in [-0.39, 0.29) is 17.7 Å². The van der Waals surface area contributed by atoms with Crippen LogP contribution in [-0.2, 0) is 9.59 Å². The van der Waals surface area contributed by atoms with Crippen molar-refractivity contribution in [1.29, 1.82) is 0 Å². The molecule has 0 fully saturated rings. The van der Waals surface area contributed by atoms with Gasteiger partial charge >= 0.3 is 7.55 Å². The number of nitrogens with one attached hydrogen (secondary N) is 2. The van der Waals surface area contributed by atoms with Crippen molar-refractivity contribution < 1.29 is 9.59 Å². The second-order valence-corrected chi connectivity index (χ2v) is 3.90. The predicted molar refractivity (Wildman–Crippen MR) is 60.9 cm³/mol. The van der Waals surface area contributed by atoms with Crippen LogP contribution in [0.1, 0.15) is 27.2 Å². The molecule has 4 nitrogen and oxygen atoms in total. The average Bonchev–Trinajstić information content (AvgIpc) is 2.16. The Labute approximate surface area is 91.8 Å². The molecule has 0 saturated heterocycles. The number of carbonyl (C=O) groups is 2. The third-order valence-corrected chi connectivity index (χ3v) is 1.89. The highest BCUT2D eigenvalue weighted by atomic mass is 16.2. The highest BCUT2D eigenvalue weighted by Crippen LogP contribution is 2.10. The van der Waals surface area contributed by atoms with Gasteiger partial charge in [-0.2, -0.15) is 0 Å². The summed E-state index contributed by atoms with van der Waals surface area (Å²) in [5.41, 5.74) is 0. The molecule has 2 amide bonds. The lowest BCUT2D eigenvalue weighted by Gasteiger charge is -2.13. The van der Waals surface area contributed by atoms with Crippen molar-refractivity contribution in [3.63, 3.8) is 0 Å². The molecule has 2 N–H and O–H groups in total. The smallest absolute Gasteiger partial charge is 0.382 e. The molecule has 83 valence electrons. The van der Waals surface area contributed by atoms with Gasteiger partial charge in [-0.1, -0.05) is 27.4 Å². The van der Waals surface area contributed by atoms with E-state index < -0.39 is 0 Å². The Morgan fingerprint density at radius 3 is 2.40 bits per heavy atom. The van der Waals surface area contributed by atoms with Gasteiger partial charge in [-0.25, -0.2) is 0 Å². The molecule has 0 aromatic heterocycles. The summed E-state index contributed by atoms with van der Waals surface area (Å²) in [5.74, 6) is -0.00438. The average molecular weight is 209 g/mol. The summed E-state index contributed by atoms with van der Waals surface area (Å²) < 4.78 is 0. The molecule has 15 heavy (non-hydrogen) atoms. The van der Waals surface area contributed by atoms with E-state index in [0.717, 1.165) is 12.5 Å². The van der Waals surface area contributed by atoms with Crippen LogP contribution in [0.25, 0.3) is 0 Å². The molecule has 0 bridgehead atoms. The molecule has 0 heterocycles. The first-order valence-electron chi connectivity index (χ1n) is 5.02. The molecule has 1 unspecified atom stereocenters. The second kappa shape index (κ2) is 7.09. The zero-order valence-electron chi connectivity index (χ0n) is 9.54. The topological polar surface area (TPSA) is 58.2 Å². The molecule has 0 aliphatic rings. The van der Waals surface area contributed by atoms with Crippen molar-refractivity contribution in [2.24, 2.45) is 11.8 Å². The largest absolute Gasteiger partial charge is 0.390 e. The first kappa shape index (κ1) is 13.7. The van der Waals surface area contributed by atoms with E-state index in [2.05, 4.69) is 30.9 Å². The standard InChI is InChI=1S/C10H18BN2O2/c1-5-9(14)12-11-13-10(15)8(4)6-7(2)3/h5,7-8H,1,6H2,2-4H3,(H,12,14)(H,13,15). The minimum absolute atomic E-state index is 0.0538. The van der Waals surface area contributed by atoms with Crippen LogP contribution in [0.2, 0.25) is 0 Å². The summed E-state index contributed by atoms with van der Waals surface area (Å²) in [5, 5.41) is 4.87. The molecule has 1 atom stereocenters. The van der Waals surface area contributed by atoms with Crippen LogP contribution in [0.3, 0.4) is 0 Å². The lowest BCUT2D eigenvalue weighted by Crippen LogP contribution is -2.42. The van der Waals surface area contributed by atoms with Gasteiger partial charge in [0.15, 0.2) is 0 Å². The van der Waals surface area contributed by atoms with E-state index >= 15 is 0 Å². The van der Waals surface area contributed by atoms with Crippen LogP contribution < -0.4 is 10.5 Å². The monoisotopic (exact) mass is 209 g/mol. The highest BCUT2D eigenvalue weighted by Gasteiger charge is 2.14. The quantitative estimate of drug-likeness (QED) is 0.497. The Balaban J connectivity index is 3.73. The van der Waals surface area contributed by atoms with Crippen molar-refractivity contribution in [2.75, 3.05) is 0 Å². The number of hydrogen-bond acceptors (Lipinski definition) is 2. The lowest BCUT2D eigenvalue weighted by molar-refractivity contribution is -0.123. The molecule has 0 saturated carbocycles. The minimum atomic E-state index is -0.341. The van der Waals surface area contributed by atoms with Crippen LogP contribution in [0.5, 0.6) is 0 Å². The maximum Gasteiger partial charge on any atom is 0.390 e. The fraction of sp³-hybridized carbons (Fsp3) is 0.600. The Kier molecular flexibility index (Phi) is 6.50. The molecule has 0 aromatic rings. The molecule has 0 aliphatic carbocycles. The first-order chi connectivity index (χ1) is 6.97. The maximum atomic E-state index is 11.4.